The third-order valence-corrected chi connectivity index (χ3v) is 8.19. The van der Waals surface area contributed by atoms with E-state index in [-0.39, 0.29) is 32.6 Å². The molecule has 0 saturated carbocycles. The van der Waals surface area contributed by atoms with Crippen molar-refractivity contribution in [3.05, 3.63) is 86.7 Å². The maximum atomic E-state index is 14.0. The molecule has 9 heteroatoms. The van der Waals surface area contributed by atoms with Gasteiger partial charge in [-0.3, -0.25) is 0 Å². The van der Waals surface area contributed by atoms with Crippen molar-refractivity contribution in [1.82, 2.24) is 8.55 Å². The predicted molar refractivity (Wildman–Crippen MR) is 129 cm³/mol. The summed E-state index contributed by atoms with van der Waals surface area (Å²) in [6, 6.07) is 12.0. The van der Waals surface area contributed by atoms with E-state index in [4.69, 9.17) is 4.74 Å². The van der Waals surface area contributed by atoms with Crippen LogP contribution in [0.15, 0.2) is 47.3 Å². The number of hydrogen-bond acceptors (Lipinski definition) is 4. The number of rotatable bonds is 5. The van der Waals surface area contributed by atoms with Gasteiger partial charge < -0.3 is 0 Å². The fraction of sp³-hybridized carbons (Fsp3) is 0.160. The first-order valence-corrected chi connectivity index (χ1v) is 12.2. The number of hydrogen-bond donors (Lipinski definition) is 2. The molecule has 1 aliphatic heterocycles. The van der Waals surface area contributed by atoms with Gasteiger partial charge in [0.25, 0.3) is 0 Å². The number of amides is 1. The quantitative estimate of drug-likeness (QED) is 0.238. The van der Waals surface area contributed by atoms with Crippen molar-refractivity contribution in [3.8, 4) is 0 Å². The molecule has 0 unspecified atom stereocenters. The Labute approximate surface area is 199 Å². The molecule has 0 radical (unpaired) electrons. The fourth-order valence-electron chi connectivity index (χ4n) is 4.15. The Morgan fingerprint density at radius 3 is 2.74 bits per heavy atom. The molecule has 0 fully saturated rings. The number of aromatic amines is 1. The summed E-state index contributed by atoms with van der Waals surface area (Å²) in [5.41, 5.74) is 3.07. The molecule has 2 aromatic carbocycles. The van der Waals surface area contributed by atoms with E-state index in [0.717, 1.165) is 4.26 Å². The van der Waals surface area contributed by atoms with Crippen LogP contribution in [0.2, 0.25) is 0 Å². The zero-order valence-corrected chi connectivity index (χ0v) is 20.1. The van der Waals surface area contributed by atoms with E-state index in [1.54, 1.807) is 35.6 Å². The second kappa shape index (κ2) is 8.59. The third kappa shape index (κ3) is 3.73. The number of ether oxygens (including phenoxy) is 1. The number of esters is 1. The predicted octanol–water partition coefficient (Wildman–Crippen LogP) is 3.49. The van der Waals surface area contributed by atoms with Gasteiger partial charge in [0.1, 0.15) is 5.82 Å². The fourth-order valence-corrected chi connectivity index (χ4v) is 6.20. The van der Waals surface area contributed by atoms with Crippen LogP contribution >= 0.6 is 0 Å². The molecule has 1 amide bonds. The molecule has 3 heterocycles. The van der Waals surface area contributed by atoms with Gasteiger partial charge in [-0.15, -0.1) is 0 Å². The molecule has 0 bridgehead atoms. The molecule has 2 aromatic heterocycles. The number of benzene rings is 2. The molecular formula is C25H20FN3O4Se. The van der Waals surface area contributed by atoms with Gasteiger partial charge in [0.05, 0.1) is 0 Å². The van der Waals surface area contributed by atoms with Crippen LogP contribution in [-0.2, 0) is 16.1 Å². The molecule has 4 aromatic rings. The number of carbonyl (C=O) groups is 2. The third-order valence-electron chi connectivity index (χ3n) is 5.84. The number of aryl methyl sites for hydroxylation is 1. The van der Waals surface area contributed by atoms with Crippen LogP contribution in [-0.4, -0.2) is 41.8 Å². The molecule has 0 spiro atoms. The zero-order valence-electron chi connectivity index (χ0n) is 18.4. The van der Waals surface area contributed by atoms with Crippen LogP contribution < -0.4 is 10.9 Å². The van der Waals surface area contributed by atoms with Gasteiger partial charge in [0.15, 0.2) is 0 Å². The Bertz CT molecular complexity index is 1560. The van der Waals surface area contributed by atoms with Crippen molar-refractivity contribution in [3.63, 3.8) is 0 Å². The zero-order chi connectivity index (χ0) is 24.0. The molecule has 34 heavy (non-hydrogen) atoms. The van der Waals surface area contributed by atoms with Gasteiger partial charge in [-0.25, -0.2) is 4.39 Å². The van der Waals surface area contributed by atoms with Crippen molar-refractivity contribution in [2.45, 2.75) is 20.4 Å². The Kier molecular flexibility index (Phi) is 5.59. The number of H-pyrrole nitrogens is 1. The number of halogens is 1. The van der Waals surface area contributed by atoms with E-state index in [1.165, 1.54) is 6.07 Å². The van der Waals surface area contributed by atoms with E-state index < -0.39 is 17.7 Å². The molecular weight excluding hydrogens is 504 g/mol. The van der Waals surface area contributed by atoms with Crippen molar-refractivity contribution < 1.29 is 18.7 Å². The van der Waals surface area contributed by atoms with E-state index >= 15 is 0 Å². The Hall–Kier alpha value is -3.68. The summed E-state index contributed by atoms with van der Waals surface area (Å²) in [6.45, 7) is 3.91. The first-order valence-electron chi connectivity index (χ1n) is 10.6. The summed E-state index contributed by atoms with van der Waals surface area (Å²) in [4.78, 5) is 40.9. The van der Waals surface area contributed by atoms with Crippen molar-refractivity contribution in [2.24, 2.45) is 0 Å². The average Bonchev–Trinajstić information content (AvgIpc) is 3.41. The van der Waals surface area contributed by atoms with Crippen molar-refractivity contribution >= 4 is 53.6 Å². The topological polar surface area (TPSA) is 93.2 Å². The van der Waals surface area contributed by atoms with E-state index in [0.29, 0.717) is 45.6 Å². The molecule has 0 saturated heterocycles. The van der Waals surface area contributed by atoms with Gasteiger partial charge in [-0.1, -0.05) is 6.07 Å². The summed E-state index contributed by atoms with van der Waals surface area (Å²) >= 11 is -0.128. The summed E-state index contributed by atoms with van der Waals surface area (Å²) in [5, 5.41) is 3.26. The van der Waals surface area contributed by atoms with Gasteiger partial charge >= 0.3 is 178 Å². The minimum absolute atomic E-state index is 0.0406. The van der Waals surface area contributed by atoms with E-state index in [9.17, 15) is 18.8 Å². The monoisotopic (exact) mass is 525 g/mol. The number of fused-ring (bicyclic) bond motifs is 2. The summed E-state index contributed by atoms with van der Waals surface area (Å²) in [7, 11) is 0. The van der Waals surface area contributed by atoms with Crippen LogP contribution in [0.5, 0.6) is 0 Å². The molecule has 7 nitrogen and oxygen atoms in total. The first kappa shape index (κ1) is 22.1. The molecule has 5 rings (SSSR count). The molecule has 1 aliphatic rings. The van der Waals surface area contributed by atoms with Gasteiger partial charge in [0, 0.05) is 0 Å². The van der Waals surface area contributed by atoms with Crippen LogP contribution in [0.25, 0.3) is 21.3 Å². The standard InChI is InChI=1S/C25H20FN3O4Se/c1-13-19(12-17-15-7-5-8-18(26)22(15)28-23(17)30)27-14(2)21(13)25(32)33-11-10-29-24(31)16-6-3-4-9-20(16)34-29/h3-9,12,27H,10-11H2,1-2H3,(H,28,30)/b17-12-. The van der Waals surface area contributed by atoms with Gasteiger partial charge in [0.2, 0.25) is 0 Å². The Balaban J connectivity index is 1.35. The van der Waals surface area contributed by atoms with Crippen LogP contribution in [0.1, 0.15) is 32.9 Å². The number of nitrogens with zero attached hydrogens (tertiary/aromatic N) is 1. The summed E-state index contributed by atoms with van der Waals surface area (Å²) in [5.74, 6) is -1.41. The molecule has 0 atom stereocenters. The number of aromatic nitrogens is 2. The second-order valence-corrected chi connectivity index (χ2v) is 10.2. The average molecular weight is 524 g/mol. The normalized spacial score (nSPS) is 14.0. The second-order valence-electron chi connectivity index (χ2n) is 7.97. The number of carbonyl (C=O) groups excluding carboxylic acids is 2. The maximum absolute atomic E-state index is 14.0. The van der Waals surface area contributed by atoms with Crippen molar-refractivity contribution in [1.29, 1.82) is 0 Å². The number of nitrogens with one attached hydrogen (secondary N) is 2. The van der Waals surface area contributed by atoms with E-state index in [2.05, 4.69) is 10.3 Å². The van der Waals surface area contributed by atoms with Crippen LogP contribution in [0.4, 0.5) is 10.1 Å². The van der Waals surface area contributed by atoms with Crippen molar-refractivity contribution in [2.75, 3.05) is 11.9 Å². The minimum atomic E-state index is -0.505. The number of anilines is 1. The van der Waals surface area contributed by atoms with Crippen LogP contribution in [0.3, 0.4) is 0 Å². The summed E-state index contributed by atoms with van der Waals surface area (Å²) in [6.07, 6.45) is 1.61. The molecule has 2 N–H and O–H groups in total. The molecule has 0 aliphatic carbocycles. The van der Waals surface area contributed by atoms with Crippen LogP contribution in [0, 0.1) is 19.7 Å². The van der Waals surface area contributed by atoms with E-state index in [1.807, 2.05) is 24.3 Å². The first-order chi connectivity index (χ1) is 16.3. The Morgan fingerprint density at radius 2 is 1.94 bits per heavy atom. The Morgan fingerprint density at radius 1 is 1.15 bits per heavy atom. The van der Waals surface area contributed by atoms with Gasteiger partial charge in [-0.05, 0) is 6.07 Å². The summed E-state index contributed by atoms with van der Waals surface area (Å²) < 4.78 is 22.3. The number of para-hydroxylation sites is 1. The van der Waals surface area contributed by atoms with Gasteiger partial charge in [-0.2, -0.15) is 0 Å². The SMILES string of the molecule is Cc1[nH]c(/C=C2\C(=O)Nc3c(F)cccc32)c(C)c1C(=O)OCCn1[se]c2ccccc2c1=O. The molecule has 172 valence electrons.